The van der Waals surface area contributed by atoms with Gasteiger partial charge in [0.1, 0.15) is 6.04 Å². The van der Waals surface area contributed by atoms with Crippen LogP contribution < -0.4 is 14.8 Å². The zero-order chi connectivity index (χ0) is 21.8. The summed E-state index contributed by atoms with van der Waals surface area (Å²) in [6.45, 7) is 0.503. The summed E-state index contributed by atoms with van der Waals surface area (Å²) in [7, 11) is 6.05. The zero-order valence-electron chi connectivity index (χ0n) is 17.6. The Morgan fingerprint density at radius 2 is 1.73 bits per heavy atom. The number of benzene rings is 1. The van der Waals surface area contributed by atoms with Crippen LogP contribution in [-0.4, -0.2) is 81.5 Å². The minimum atomic E-state index is -0.572. The number of fused-ring (bicyclic) bond motifs is 2. The molecule has 1 aromatic rings. The number of nitrogens with zero attached hydrogens (tertiary/aromatic N) is 2. The third-order valence-electron chi connectivity index (χ3n) is 5.42. The van der Waals surface area contributed by atoms with Gasteiger partial charge in [-0.15, -0.1) is 0 Å². The van der Waals surface area contributed by atoms with Crippen LogP contribution in [0.5, 0.6) is 11.5 Å². The Morgan fingerprint density at radius 3 is 2.33 bits per heavy atom. The highest BCUT2D eigenvalue weighted by molar-refractivity contribution is 6.04. The number of imide groups is 1. The van der Waals surface area contributed by atoms with Gasteiger partial charge in [-0.1, -0.05) is 0 Å². The lowest BCUT2D eigenvalue weighted by Crippen LogP contribution is -2.40. The van der Waals surface area contributed by atoms with E-state index in [4.69, 9.17) is 18.9 Å². The average molecular weight is 421 g/mol. The van der Waals surface area contributed by atoms with E-state index in [1.54, 1.807) is 19.1 Å². The minimum Gasteiger partial charge on any atom is -0.493 e. The largest absolute Gasteiger partial charge is 0.493 e. The summed E-state index contributed by atoms with van der Waals surface area (Å²) in [5.41, 5.74) is 1.86. The second kappa shape index (κ2) is 9.31. The SMILES string of the molecule is COc1cc2c(cc1OC)CN1C(=O)N(CCC(=O)NCC(OC)OC)C(=O)C1C2. The third kappa shape index (κ3) is 4.19. The normalized spacial score (nSPS) is 17.8. The van der Waals surface area contributed by atoms with E-state index in [1.165, 1.54) is 14.2 Å². The number of nitrogens with one attached hydrogen (secondary N) is 1. The highest BCUT2D eigenvalue weighted by atomic mass is 16.7. The van der Waals surface area contributed by atoms with Crippen molar-refractivity contribution in [1.82, 2.24) is 15.1 Å². The topological polar surface area (TPSA) is 107 Å². The Balaban J connectivity index is 1.65. The number of carbonyl (C=O) groups is 3. The number of hydrogen-bond acceptors (Lipinski definition) is 7. The number of carbonyl (C=O) groups excluding carboxylic acids is 3. The van der Waals surface area contributed by atoms with Crippen molar-refractivity contribution in [2.75, 3.05) is 41.5 Å². The van der Waals surface area contributed by atoms with Crippen molar-refractivity contribution in [3.63, 3.8) is 0 Å². The first-order chi connectivity index (χ1) is 14.4. The lowest BCUT2D eigenvalue weighted by Gasteiger charge is -2.29. The highest BCUT2D eigenvalue weighted by Crippen LogP contribution is 2.37. The predicted molar refractivity (Wildman–Crippen MR) is 105 cm³/mol. The maximum Gasteiger partial charge on any atom is 0.327 e. The molecule has 10 heteroatoms. The summed E-state index contributed by atoms with van der Waals surface area (Å²) in [5.74, 6) is 0.573. The van der Waals surface area contributed by atoms with E-state index >= 15 is 0 Å². The van der Waals surface area contributed by atoms with Gasteiger partial charge in [0.15, 0.2) is 17.8 Å². The van der Waals surface area contributed by atoms with Gasteiger partial charge >= 0.3 is 6.03 Å². The van der Waals surface area contributed by atoms with Gasteiger partial charge < -0.3 is 29.2 Å². The van der Waals surface area contributed by atoms with Crippen LogP contribution >= 0.6 is 0 Å². The molecule has 1 N–H and O–H groups in total. The summed E-state index contributed by atoms with van der Waals surface area (Å²) in [5, 5.41) is 2.66. The maximum absolute atomic E-state index is 12.8. The van der Waals surface area contributed by atoms with Gasteiger partial charge in [0.05, 0.1) is 20.8 Å². The summed E-state index contributed by atoms with van der Waals surface area (Å²) in [6, 6.07) is 2.73. The molecule has 0 aliphatic carbocycles. The molecule has 0 bridgehead atoms. The van der Waals surface area contributed by atoms with Crippen LogP contribution in [0.3, 0.4) is 0 Å². The van der Waals surface area contributed by atoms with Crippen LogP contribution in [0.2, 0.25) is 0 Å². The Labute approximate surface area is 175 Å². The van der Waals surface area contributed by atoms with Crippen molar-refractivity contribution in [3.8, 4) is 11.5 Å². The van der Waals surface area contributed by atoms with Gasteiger partial charge in [-0.2, -0.15) is 0 Å². The molecule has 0 spiro atoms. The Bertz CT molecular complexity index is 774. The molecule has 2 aliphatic rings. The van der Waals surface area contributed by atoms with E-state index < -0.39 is 12.3 Å². The monoisotopic (exact) mass is 421 g/mol. The molecule has 1 fully saturated rings. The van der Waals surface area contributed by atoms with Crippen molar-refractivity contribution >= 4 is 17.8 Å². The first kappa shape index (κ1) is 21.8. The number of rotatable bonds is 9. The quantitative estimate of drug-likeness (QED) is 0.458. The van der Waals surface area contributed by atoms with E-state index in [-0.39, 0.29) is 37.4 Å². The fourth-order valence-electron chi connectivity index (χ4n) is 3.73. The molecule has 1 aromatic carbocycles. The molecule has 1 atom stereocenters. The highest BCUT2D eigenvalue weighted by Gasteiger charge is 2.47. The van der Waals surface area contributed by atoms with Crippen LogP contribution in [-0.2, 0) is 32.0 Å². The first-order valence-electron chi connectivity index (χ1n) is 9.61. The summed E-state index contributed by atoms with van der Waals surface area (Å²) in [6.07, 6.45) is -0.149. The number of hydrogen-bond donors (Lipinski definition) is 1. The van der Waals surface area contributed by atoms with Gasteiger partial charge in [-0.05, 0) is 23.3 Å². The molecule has 3 rings (SSSR count). The van der Waals surface area contributed by atoms with Gasteiger partial charge in [0.2, 0.25) is 5.91 Å². The van der Waals surface area contributed by atoms with Crippen LogP contribution in [0.1, 0.15) is 17.5 Å². The molecular formula is C20H27N3O7. The van der Waals surface area contributed by atoms with E-state index in [1.807, 2.05) is 12.1 Å². The van der Waals surface area contributed by atoms with Gasteiger partial charge in [-0.25, -0.2) is 4.79 Å². The van der Waals surface area contributed by atoms with Gasteiger partial charge in [0.25, 0.3) is 5.91 Å². The molecule has 0 radical (unpaired) electrons. The molecule has 2 heterocycles. The summed E-state index contributed by atoms with van der Waals surface area (Å²) >= 11 is 0. The number of urea groups is 1. The van der Waals surface area contributed by atoms with Crippen molar-refractivity contribution in [2.45, 2.75) is 31.7 Å². The van der Waals surface area contributed by atoms with E-state index in [2.05, 4.69) is 5.32 Å². The Hall–Kier alpha value is -2.85. The molecule has 1 saturated heterocycles. The molecule has 164 valence electrons. The first-order valence-corrected chi connectivity index (χ1v) is 9.61. The van der Waals surface area contributed by atoms with E-state index in [9.17, 15) is 14.4 Å². The smallest absolute Gasteiger partial charge is 0.327 e. The van der Waals surface area contributed by atoms with Gasteiger partial charge in [0, 0.05) is 40.2 Å². The Morgan fingerprint density at radius 1 is 1.10 bits per heavy atom. The summed E-state index contributed by atoms with van der Waals surface area (Å²) < 4.78 is 20.7. The van der Waals surface area contributed by atoms with Crippen molar-refractivity contribution in [2.24, 2.45) is 0 Å². The molecular weight excluding hydrogens is 394 g/mol. The molecule has 1 unspecified atom stereocenters. The second-order valence-corrected chi connectivity index (χ2v) is 7.05. The fraction of sp³-hybridized carbons (Fsp3) is 0.550. The predicted octanol–water partition coefficient (Wildman–Crippen LogP) is 0.518. The van der Waals surface area contributed by atoms with E-state index in [0.717, 1.165) is 16.0 Å². The second-order valence-electron chi connectivity index (χ2n) is 7.05. The number of methoxy groups -OCH3 is 4. The molecule has 0 aromatic heterocycles. The van der Waals surface area contributed by atoms with Crippen LogP contribution in [0.25, 0.3) is 0 Å². The summed E-state index contributed by atoms with van der Waals surface area (Å²) in [4.78, 5) is 40.4. The fourth-order valence-corrected chi connectivity index (χ4v) is 3.73. The lowest BCUT2D eigenvalue weighted by molar-refractivity contribution is -0.130. The van der Waals surface area contributed by atoms with Crippen molar-refractivity contribution in [3.05, 3.63) is 23.3 Å². The lowest BCUT2D eigenvalue weighted by atomic mass is 9.94. The molecule has 2 aliphatic heterocycles. The van der Waals surface area contributed by atoms with E-state index in [0.29, 0.717) is 24.5 Å². The molecule has 10 nitrogen and oxygen atoms in total. The number of amides is 4. The molecule has 30 heavy (non-hydrogen) atoms. The van der Waals surface area contributed by atoms with Gasteiger partial charge in [-0.3, -0.25) is 14.5 Å². The zero-order valence-corrected chi connectivity index (χ0v) is 17.6. The standard InChI is InChI=1S/C20H27N3O7/c1-27-15-8-12-7-14-19(25)22(6-5-17(24)21-10-18(29-3)30-4)20(26)23(14)11-13(12)9-16(15)28-2/h8-9,14,18H,5-7,10-11H2,1-4H3,(H,21,24). The van der Waals surface area contributed by atoms with Crippen LogP contribution in [0, 0.1) is 0 Å². The molecule has 0 saturated carbocycles. The van der Waals surface area contributed by atoms with Crippen molar-refractivity contribution in [1.29, 1.82) is 0 Å². The number of ether oxygens (including phenoxy) is 4. The Kier molecular flexibility index (Phi) is 6.78. The molecule has 4 amide bonds. The minimum absolute atomic E-state index is 0.00673. The third-order valence-corrected chi connectivity index (χ3v) is 5.42. The van der Waals surface area contributed by atoms with Crippen LogP contribution in [0.4, 0.5) is 4.79 Å². The average Bonchev–Trinajstić information content (AvgIpc) is 2.99. The van der Waals surface area contributed by atoms with Crippen molar-refractivity contribution < 1.29 is 33.3 Å². The van der Waals surface area contributed by atoms with Crippen LogP contribution in [0.15, 0.2) is 12.1 Å². The maximum atomic E-state index is 12.8.